The Bertz CT molecular complexity index is 844. The highest BCUT2D eigenvalue weighted by molar-refractivity contribution is 9.10. The Morgan fingerprint density at radius 3 is 2.84 bits per heavy atom. The molecule has 0 aliphatic rings. The highest BCUT2D eigenvalue weighted by atomic mass is 79.9. The van der Waals surface area contributed by atoms with Crippen molar-refractivity contribution >= 4 is 45.0 Å². The summed E-state index contributed by atoms with van der Waals surface area (Å²) in [7, 11) is 0. The van der Waals surface area contributed by atoms with Gasteiger partial charge in [-0.1, -0.05) is 35.7 Å². The van der Waals surface area contributed by atoms with Gasteiger partial charge >= 0.3 is 0 Å². The lowest BCUT2D eigenvalue weighted by atomic mass is 10.2. The summed E-state index contributed by atoms with van der Waals surface area (Å²) in [6, 6.07) is 5.53. The molecule has 5 nitrogen and oxygen atoms in total. The zero-order valence-electron chi connectivity index (χ0n) is 14.4. The molecule has 7 heteroatoms. The van der Waals surface area contributed by atoms with Crippen LogP contribution in [-0.2, 0) is 11.3 Å². The standard InChI is InChI=1S/C18H24BrN3O2S/c1-2-3-10-20-16(23)7-5-4-6-11-22-17(24)14-12-13(19)8-9-15(14)21-18(22)25/h8-9,12H,2-7,10-11H2,1H3,(H,20,23)(H,21,25). The molecule has 25 heavy (non-hydrogen) atoms. The van der Waals surface area contributed by atoms with Crippen LogP contribution >= 0.6 is 28.1 Å². The monoisotopic (exact) mass is 425 g/mol. The van der Waals surface area contributed by atoms with Crippen LogP contribution in [0.3, 0.4) is 0 Å². The lowest BCUT2D eigenvalue weighted by molar-refractivity contribution is -0.121. The molecule has 1 amide bonds. The molecular weight excluding hydrogens is 402 g/mol. The van der Waals surface area contributed by atoms with E-state index >= 15 is 0 Å². The first-order chi connectivity index (χ1) is 12.0. The van der Waals surface area contributed by atoms with Crippen LogP contribution in [0.15, 0.2) is 27.5 Å². The first-order valence-electron chi connectivity index (χ1n) is 8.72. The second kappa shape index (κ2) is 9.87. The van der Waals surface area contributed by atoms with Gasteiger partial charge in [0.15, 0.2) is 4.77 Å². The second-order valence-electron chi connectivity index (χ2n) is 6.09. The van der Waals surface area contributed by atoms with E-state index in [1.807, 2.05) is 12.1 Å². The Labute approximate surface area is 161 Å². The van der Waals surface area contributed by atoms with Crippen LogP contribution in [0.25, 0.3) is 10.9 Å². The summed E-state index contributed by atoms with van der Waals surface area (Å²) in [5.41, 5.74) is 0.676. The van der Waals surface area contributed by atoms with Gasteiger partial charge in [-0.25, -0.2) is 0 Å². The molecule has 1 heterocycles. The van der Waals surface area contributed by atoms with Crippen LogP contribution in [-0.4, -0.2) is 22.0 Å². The second-order valence-corrected chi connectivity index (χ2v) is 7.39. The summed E-state index contributed by atoms with van der Waals surface area (Å²) in [6.45, 7) is 3.42. The maximum Gasteiger partial charge on any atom is 0.262 e. The number of hydrogen-bond acceptors (Lipinski definition) is 3. The van der Waals surface area contributed by atoms with E-state index in [9.17, 15) is 9.59 Å². The Hall–Kier alpha value is -1.47. The minimum Gasteiger partial charge on any atom is -0.356 e. The Morgan fingerprint density at radius 1 is 1.28 bits per heavy atom. The van der Waals surface area contributed by atoms with Gasteiger partial charge in [-0.05, 0) is 49.7 Å². The summed E-state index contributed by atoms with van der Waals surface area (Å²) >= 11 is 8.70. The van der Waals surface area contributed by atoms with Gasteiger partial charge in [0, 0.05) is 24.0 Å². The molecule has 0 aliphatic heterocycles. The van der Waals surface area contributed by atoms with E-state index in [0.29, 0.717) is 23.1 Å². The molecule has 2 rings (SSSR count). The Balaban J connectivity index is 1.88. The number of rotatable bonds is 9. The van der Waals surface area contributed by atoms with Crippen molar-refractivity contribution in [1.82, 2.24) is 14.9 Å². The van der Waals surface area contributed by atoms with Gasteiger partial charge in [0.05, 0.1) is 10.9 Å². The quantitative estimate of drug-likeness (QED) is 0.464. The fourth-order valence-corrected chi connectivity index (χ4v) is 3.30. The number of hydrogen-bond donors (Lipinski definition) is 2. The van der Waals surface area contributed by atoms with E-state index in [4.69, 9.17) is 12.2 Å². The van der Waals surface area contributed by atoms with Crippen molar-refractivity contribution in [3.63, 3.8) is 0 Å². The minimum atomic E-state index is -0.0719. The summed E-state index contributed by atoms with van der Waals surface area (Å²) < 4.78 is 2.91. The van der Waals surface area contributed by atoms with Crippen molar-refractivity contribution in [2.45, 2.75) is 52.0 Å². The first-order valence-corrected chi connectivity index (χ1v) is 9.92. The van der Waals surface area contributed by atoms with Crippen LogP contribution < -0.4 is 10.9 Å². The maximum atomic E-state index is 12.6. The van der Waals surface area contributed by atoms with Gasteiger partial charge in [-0.15, -0.1) is 0 Å². The molecular formula is C18H24BrN3O2S. The molecule has 1 aromatic carbocycles. The van der Waals surface area contributed by atoms with E-state index < -0.39 is 0 Å². The molecule has 0 radical (unpaired) electrons. The van der Waals surface area contributed by atoms with Crippen molar-refractivity contribution in [3.8, 4) is 0 Å². The lowest BCUT2D eigenvalue weighted by Gasteiger charge is -2.08. The number of amides is 1. The van der Waals surface area contributed by atoms with Gasteiger partial charge in [-0.2, -0.15) is 0 Å². The molecule has 0 aliphatic carbocycles. The van der Waals surface area contributed by atoms with Crippen LogP contribution in [0.4, 0.5) is 0 Å². The molecule has 1 aromatic heterocycles. The highest BCUT2D eigenvalue weighted by Crippen LogP contribution is 2.15. The van der Waals surface area contributed by atoms with Crippen LogP contribution in [0, 0.1) is 4.77 Å². The number of aromatic nitrogens is 2. The Kier molecular flexibility index (Phi) is 7.84. The number of halogens is 1. The number of aromatic amines is 1. The van der Waals surface area contributed by atoms with E-state index in [1.165, 1.54) is 0 Å². The van der Waals surface area contributed by atoms with Crippen molar-refractivity contribution in [1.29, 1.82) is 0 Å². The number of unbranched alkanes of at least 4 members (excludes halogenated alkanes) is 3. The van der Waals surface area contributed by atoms with Crippen molar-refractivity contribution in [3.05, 3.63) is 37.8 Å². The predicted octanol–water partition coefficient (Wildman–Crippen LogP) is 4.30. The number of fused-ring (bicyclic) bond motifs is 1. The highest BCUT2D eigenvalue weighted by Gasteiger charge is 2.06. The average molecular weight is 426 g/mol. The third-order valence-electron chi connectivity index (χ3n) is 4.08. The zero-order valence-corrected chi connectivity index (χ0v) is 16.8. The van der Waals surface area contributed by atoms with Gasteiger partial charge < -0.3 is 10.3 Å². The molecule has 0 spiro atoms. The van der Waals surface area contributed by atoms with Crippen LogP contribution in [0.5, 0.6) is 0 Å². The number of carbonyl (C=O) groups excluding carboxylic acids is 1. The minimum absolute atomic E-state index is 0.0719. The number of nitrogens with one attached hydrogen (secondary N) is 2. The molecule has 0 bridgehead atoms. The molecule has 0 fully saturated rings. The average Bonchev–Trinajstić information content (AvgIpc) is 2.58. The number of nitrogens with zero attached hydrogens (tertiary/aromatic N) is 1. The third-order valence-corrected chi connectivity index (χ3v) is 4.90. The lowest BCUT2D eigenvalue weighted by Crippen LogP contribution is -2.24. The first kappa shape index (κ1) is 19.8. The van der Waals surface area contributed by atoms with E-state index in [1.54, 1.807) is 10.6 Å². The number of carbonyl (C=O) groups is 1. The molecule has 2 N–H and O–H groups in total. The Morgan fingerprint density at radius 2 is 2.08 bits per heavy atom. The third kappa shape index (κ3) is 5.78. The zero-order chi connectivity index (χ0) is 18.2. The summed E-state index contributed by atoms with van der Waals surface area (Å²) in [6.07, 6.45) is 5.17. The molecule has 0 saturated heterocycles. The summed E-state index contributed by atoms with van der Waals surface area (Å²) in [5, 5.41) is 3.54. The van der Waals surface area contributed by atoms with Crippen LogP contribution in [0.1, 0.15) is 45.4 Å². The van der Waals surface area contributed by atoms with Crippen LogP contribution in [0.2, 0.25) is 0 Å². The van der Waals surface area contributed by atoms with Gasteiger partial charge in [0.25, 0.3) is 5.56 Å². The fraction of sp³-hybridized carbons (Fsp3) is 0.500. The smallest absolute Gasteiger partial charge is 0.262 e. The number of benzene rings is 1. The van der Waals surface area contributed by atoms with Gasteiger partial charge in [-0.3, -0.25) is 14.2 Å². The fourth-order valence-electron chi connectivity index (χ4n) is 2.65. The topological polar surface area (TPSA) is 66.9 Å². The molecule has 0 atom stereocenters. The summed E-state index contributed by atoms with van der Waals surface area (Å²) in [5.74, 6) is 0.110. The predicted molar refractivity (Wildman–Crippen MR) is 107 cm³/mol. The van der Waals surface area contributed by atoms with Crippen molar-refractivity contribution in [2.24, 2.45) is 0 Å². The molecule has 0 unspecified atom stereocenters. The molecule has 136 valence electrons. The van der Waals surface area contributed by atoms with Crippen molar-refractivity contribution in [2.75, 3.05) is 6.54 Å². The molecule has 2 aromatic rings. The largest absolute Gasteiger partial charge is 0.356 e. The van der Waals surface area contributed by atoms with Crippen molar-refractivity contribution < 1.29 is 4.79 Å². The normalized spacial score (nSPS) is 11.0. The molecule has 0 saturated carbocycles. The SMILES string of the molecule is CCCCNC(=O)CCCCCn1c(=S)[nH]c2ccc(Br)cc2c1=O. The van der Waals surface area contributed by atoms with Gasteiger partial charge in [0.1, 0.15) is 0 Å². The van der Waals surface area contributed by atoms with E-state index in [-0.39, 0.29) is 11.5 Å². The summed E-state index contributed by atoms with van der Waals surface area (Å²) in [4.78, 5) is 27.4. The maximum absolute atomic E-state index is 12.6. The van der Waals surface area contributed by atoms with E-state index in [0.717, 1.165) is 48.6 Å². The number of H-pyrrole nitrogens is 1. The van der Waals surface area contributed by atoms with E-state index in [2.05, 4.69) is 33.2 Å². The van der Waals surface area contributed by atoms with Gasteiger partial charge in [0.2, 0.25) is 5.91 Å².